The van der Waals surface area contributed by atoms with Crippen LogP contribution in [0.4, 0.5) is 5.69 Å². The van der Waals surface area contributed by atoms with E-state index in [1.165, 1.54) is 42.0 Å². The van der Waals surface area contributed by atoms with Crippen LogP contribution in [0.1, 0.15) is 23.2 Å². The van der Waals surface area contributed by atoms with E-state index in [2.05, 4.69) is 10.0 Å². The van der Waals surface area contributed by atoms with Gasteiger partial charge in [-0.05, 0) is 43.2 Å². The lowest BCUT2D eigenvalue weighted by atomic mass is 10.1. The molecule has 1 saturated heterocycles. The lowest BCUT2D eigenvalue weighted by Crippen LogP contribution is -2.44. The van der Waals surface area contributed by atoms with Crippen molar-refractivity contribution in [2.45, 2.75) is 29.8 Å². The summed E-state index contributed by atoms with van der Waals surface area (Å²) in [4.78, 5) is 27.5. The summed E-state index contributed by atoms with van der Waals surface area (Å²) < 4.78 is 33.0. The maximum Gasteiger partial charge on any atom is 0.255 e. The van der Waals surface area contributed by atoms with Crippen LogP contribution in [-0.2, 0) is 14.8 Å². The first-order valence-corrected chi connectivity index (χ1v) is 12.5. The summed E-state index contributed by atoms with van der Waals surface area (Å²) in [5.74, 6) is 0.585. The number of methoxy groups -OCH3 is 1. The van der Waals surface area contributed by atoms with Gasteiger partial charge in [0.05, 0.1) is 23.6 Å². The third kappa shape index (κ3) is 4.86. The second-order valence-electron chi connectivity index (χ2n) is 7.40. The van der Waals surface area contributed by atoms with Crippen molar-refractivity contribution in [2.75, 3.05) is 24.1 Å². The topological polar surface area (TPSA) is 105 Å². The van der Waals surface area contributed by atoms with Crippen LogP contribution < -0.4 is 14.8 Å². The molecule has 1 aliphatic heterocycles. The highest BCUT2D eigenvalue weighted by Gasteiger charge is 2.35. The predicted molar refractivity (Wildman–Crippen MR) is 119 cm³/mol. The number of hydrogen-bond acceptors (Lipinski definition) is 6. The third-order valence-corrected chi connectivity index (χ3v) is 7.64. The first-order valence-electron chi connectivity index (χ1n) is 9.84. The third-order valence-electron chi connectivity index (χ3n) is 5.10. The van der Waals surface area contributed by atoms with E-state index in [0.717, 1.165) is 12.8 Å². The molecular formula is C21H23N3O5S2. The van der Waals surface area contributed by atoms with Crippen LogP contribution in [0.15, 0.2) is 53.4 Å². The van der Waals surface area contributed by atoms with Gasteiger partial charge >= 0.3 is 0 Å². The van der Waals surface area contributed by atoms with E-state index in [9.17, 15) is 18.0 Å². The standard InChI is InChI=1S/C21H23N3O5S2/c1-29-19-10-9-16(31(27,28)23-15-7-8-15)11-17(19)22-20(25)18-12-30-13-24(18)21(26)14-5-3-2-4-6-14/h2-6,9-11,15,18,23H,7-8,12-13H2,1H3,(H,22,25)/t18-/m0/s1. The Morgan fingerprint density at radius 3 is 2.55 bits per heavy atom. The summed E-state index contributed by atoms with van der Waals surface area (Å²) in [5.41, 5.74) is 0.759. The van der Waals surface area contributed by atoms with E-state index in [1.54, 1.807) is 24.3 Å². The molecule has 8 nitrogen and oxygen atoms in total. The molecule has 164 valence electrons. The molecule has 0 spiro atoms. The van der Waals surface area contributed by atoms with Gasteiger partial charge in [0, 0.05) is 17.4 Å². The zero-order valence-electron chi connectivity index (χ0n) is 16.9. The number of ether oxygens (including phenoxy) is 1. The van der Waals surface area contributed by atoms with Gasteiger partial charge in [0.1, 0.15) is 11.8 Å². The molecule has 0 radical (unpaired) electrons. The van der Waals surface area contributed by atoms with Crippen molar-refractivity contribution < 1.29 is 22.7 Å². The minimum absolute atomic E-state index is 0.0294. The van der Waals surface area contributed by atoms with Gasteiger partial charge in [-0.2, -0.15) is 0 Å². The summed E-state index contributed by atoms with van der Waals surface area (Å²) >= 11 is 1.49. The number of hydrogen-bond donors (Lipinski definition) is 2. The fraction of sp³-hybridized carbons (Fsp3) is 0.333. The van der Waals surface area contributed by atoms with Gasteiger partial charge in [-0.25, -0.2) is 13.1 Å². The Morgan fingerprint density at radius 1 is 1.13 bits per heavy atom. The highest BCUT2D eigenvalue weighted by molar-refractivity contribution is 7.99. The molecule has 0 aromatic heterocycles. The Hall–Kier alpha value is -2.56. The fourth-order valence-electron chi connectivity index (χ4n) is 3.26. The molecule has 2 N–H and O–H groups in total. The van der Waals surface area contributed by atoms with Crippen LogP contribution in [0.25, 0.3) is 0 Å². The van der Waals surface area contributed by atoms with E-state index in [4.69, 9.17) is 4.74 Å². The lowest BCUT2D eigenvalue weighted by Gasteiger charge is -2.23. The predicted octanol–water partition coefficient (Wildman–Crippen LogP) is 2.29. The van der Waals surface area contributed by atoms with E-state index in [-0.39, 0.29) is 22.5 Å². The summed E-state index contributed by atoms with van der Waals surface area (Å²) in [6.07, 6.45) is 1.65. The number of benzene rings is 2. The van der Waals surface area contributed by atoms with Crippen LogP contribution in [0.2, 0.25) is 0 Å². The minimum atomic E-state index is -3.69. The van der Waals surface area contributed by atoms with Crippen molar-refractivity contribution >= 4 is 39.3 Å². The summed E-state index contributed by atoms with van der Waals surface area (Å²) in [6, 6.07) is 12.4. The number of nitrogens with one attached hydrogen (secondary N) is 2. The number of nitrogens with zero attached hydrogens (tertiary/aromatic N) is 1. The van der Waals surface area contributed by atoms with Crippen LogP contribution in [0, 0.1) is 0 Å². The second kappa shape index (κ2) is 8.89. The maximum atomic E-state index is 13.0. The molecule has 2 aromatic rings. The molecule has 1 saturated carbocycles. The Labute approximate surface area is 185 Å². The average Bonchev–Trinajstić information content (AvgIpc) is 3.43. The van der Waals surface area contributed by atoms with Gasteiger partial charge in [-0.15, -0.1) is 11.8 Å². The molecule has 2 amide bonds. The Balaban J connectivity index is 1.54. The van der Waals surface area contributed by atoms with E-state index in [1.807, 2.05) is 6.07 Å². The molecule has 31 heavy (non-hydrogen) atoms. The van der Waals surface area contributed by atoms with Gasteiger partial charge in [0.25, 0.3) is 5.91 Å². The molecule has 1 heterocycles. The van der Waals surface area contributed by atoms with Gasteiger partial charge in [0.15, 0.2) is 0 Å². The fourth-order valence-corrected chi connectivity index (χ4v) is 5.75. The molecule has 4 rings (SSSR count). The average molecular weight is 462 g/mol. The summed E-state index contributed by atoms with van der Waals surface area (Å²) in [5, 5.41) is 2.76. The molecule has 10 heteroatoms. The van der Waals surface area contributed by atoms with E-state index < -0.39 is 22.0 Å². The van der Waals surface area contributed by atoms with Crippen molar-refractivity contribution in [3.63, 3.8) is 0 Å². The normalized spacial score (nSPS) is 18.6. The highest BCUT2D eigenvalue weighted by Crippen LogP contribution is 2.31. The Bertz CT molecular complexity index is 1090. The van der Waals surface area contributed by atoms with E-state index >= 15 is 0 Å². The van der Waals surface area contributed by atoms with Gasteiger partial charge in [0.2, 0.25) is 15.9 Å². The smallest absolute Gasteiger partial charge is 0.255 e. The van der Waals surface area contributed by atoms with E-state index in [0.29, 0.717) is 22.9 Å². The molecule has 2 aromatic carbocycles. The number of anilines is 1. The molecule has 2 aliphatic rings. The number of amides is 2. The van der Waals surface area contributed by atoms with Crippen LogP contribution in [-0.4, -0.2) is 56.0 Å². The number of sulfonamides is 1. The van der Waals surface area contributed by atoms with Crippen LogP contribution >= 0.6 is 11.8 Å². The van der Waals surface area contributed by atoms with Crippen LogP contribution in [0.5, 0.6) is 5.75 Å². The quantitative estimate of drug-likeness (QED) is 0.656. The zero-order valence-corrected chi connectivity index (χ0v) is 18.5. The molecule has 0 bridgehead atoms. The van der Waals surface area contributed by atoms with Gasteiger partial charge < -0.3 is 15.0 Å². The number of carbonyl (C=O) groups excluding carboxylic acids is 2. The second-order valence-corrected chi connectivity index (χ2v) is 10.1. The maximum absolute atomic E-state index is 13.0. The SMILES string of the molecule is COc1ccc(S(=O)(=O)NC2CC2)cc1NC(=O)[C@@H]1CSCN1C(=O)c1ccccc1. The van der Waals surface area contributed by atoms with Crippen molar-refractivity contribution in [2.24, 2.45) is 0 Å². The summed E-state index contributed by atoms with van der Waals surface area (Å²) in [6.45, 7) is 0. The number of rotatable bonds is 7. The molecule has 0 unspecified atom stereocenters. The first kappa shape index (κ1) is 21.7. The molecule has 2 fully saturated rings. The Morgan fingerprint density at radius 2 is 1.87 bits per heavy atom. The molecule has 1 atom stereocenters. The molecule has 1 aliphatic carbocycles. The monoisotopic (exact) mass is 461 g/mol. The van der Waals surface area contributed by atoms with Crippen molar-refractivity contribution in [1.82, 2.24) is 9.62 Å². The largest absolute Gasteiger partial charge is 0.495 e. The Kier molecular flexibility index (Phi) is 6.22. The minimum Gasteiger partial charge on any atom is -0.495 e. The first-order chi connectivity index (χ1) is 14.9. The van der Waals surface area contributed by atoms with Crippen molar-refractivity contribution in [3.8, 4) is 5.75 Å². The van der Waals surface area contributed by atoms with Crippen molar-refractivity contribution in [3.05, 3.63) is 54.1 Å². The summed E-state index contributed by atoms with van der Waals surface area (Å²) in [7, 11) is -2.24. The molecular weight excluding hydrogens is 438 g/mol. The van der Waals surface area contributed by atoms with Crippen LogP contribution in [0.3, 0.4) is 0 Å². The lowest BCUT2D eigenvalue weighted by molar-refractivity contribution is -0.119. The number of carbonyl (C=O) groups is 2. The van der Waals surface area contributed by atoms with Gasteiger partial charge in [-0.3, -0.25) is 9.59 Å². The van der Waals surface area contributed by atoms with Crippen molar-refractivity contribution in [1.29, 1.82) is 0 Å². The number of thioether (sulfide) groups is 1. The highest BCUT2D eigenvalue weighted by atomic mass is 32.2. The van der Waals surface area contributed by atoms with Gasteiger partial charge in [-0.1, -0.05) is 18.2 Å². The zero-order chi connectivity index (χ0) is 22.0.